The van der Waals surface area contributed by atoms with E-state index in [-0.39, 0.29) is 0 Å². The van der Waals surface area contributed by atoms with Gasteiger partial charge in [-0.15, -0.1) is 0 Å². The molecule has 2 rings (SSSR count). The van der Waals surface area contributed by atoms with Crippen LogP contribution < -0.4 is 0 Å². The summed E-state index contributed by atoms with van der Waals surface area (Å²) in [5.74, 6) is 1.98. The van der Waals surface area contributed by atoms with E-state index in [0.717, 1.165) is 24.0 Å². The van der Waals surface area contributed by atoms with Gasteiger partial charge in [-0.1, -0.05) is 12.2 Å². The van der Waals surface area contributed by atoms with Crippen molar-refractivity contribution in [2.45, 2.75) is 19.3 Å². The Bertz CT molecular complexity index is 212. The second kappa shape index (κ2) is 7.17. The number of carbonyl (C=O) groups excluding carboxylic acids is 2. The Morgan fingerprint density at radius 3 is 1.38 bits per heavy atom. The predicted molar refractivity (Wildman–Crippen MR) is 46.8 cm³/mol. The summed E-state index contributed by atoms with van der Waals surface area (Å²) in [6, 6.07) is 0. The molecule has 1 fully saturated rings. The van der Waals surface area contributed by atoms with Crippen LogP contribution in [0.4, 0.5) is 0 Å². The van der Waals surface area contributed by atoms with Crippen LogP contribution in [0.2, 0.25) is 0 Å². The maximum Gasteiger partial charge on any atom is 0.231 e. The first-order valence-corrected chi connectivity index (χ1v) is 4.04. The predicted octanol–water partition coefficient (Wildman–Crippen LogP) is 1.77. The van der Waals surface area contributed by atoms with Crippen molar-refractivity contribution in [3.63, 3.8) is 0 Å². The van der Waals surface area contributed by atoms with Crippen molar-refractivity contribution < 1.29 is 9.59 Å². The van der Waals surface area contributed by atoms with E-state index in [0.29, 0.717) is 0 Å². The van der Waals surface area contributed by atoms with Crippen LogP contribution in [0, 0.1) is 22.7 Å². The molecule has 0 aliphatic heterocycles. The monoisotopic (exact) mass is 180 g/mol. The van der Waals surface area contributed by atoms with E-state index >= 15 is 0 Å². The number of isocyanates is 2. The fourth-order valence-corrected chi connectivity index (χ4v) is 1.72. The smallest absolute Gasteiger partial charge is 0.222 e. The van der Waals surface area contributed by atoms with Crippen molar-refractivity contribution >= 4 is 12.2 Å². The lowest BCUT2D eigenvalue weighted by Crippen LogP contribution is -1.82. The molecule has 0 spiro atoms. The van der Waals surface area contributed by atoms with E-state index in [1.54, 1.807) is 0 Å². The first kappa shape index (κ1) is 11.5. The molecule has 2 bridgehead atoms. The molecule has 0 heterocycles. The zero-order valence-corrected chi connectivity index (χ0v) is 7.25. The largest absolute Gasteiger partial charge is 0.231 e. The van der Waals surface area contributed by atoms with Crippen LogP contribution in [0.25, 0.3) is 0 Å². The molecule has 0 aromatic rings. The third kappa shape index (κ3) is 4.86. The van der Waals surface area contributed by atoms with Gasteiger partial charge in [0.05, 0.1) is 0 Å². The van der Waals surface area contributed by atoms with Gasteiger partial charge >= 0.3 is 0 Å². The van der Waals surface area contributed by atoms with Crippen molar-refractivity contribution in [2.24, 2.45) is 11.8 Å². The molecule has 0 aromatic carbocycles. The Labute approximate surface area is 76.7 Å². The highest BCUT2D eigenvalue weighted by atomic mass is 16.1. The van der Waals surface area contributed by atoms with E-state index in [1.807, 2.05) is 0 Å². The average molecular weight is 180 g/mol. The van der Waals surface area contributed by atoms with Crippen LogP contribution in [0.1, 0.15) is 19.3 Å². The fourth-order valence-electron chi connectivity index (χ4n) is 1.72. The lowest BCUT2D eigenvalue weighted by Gasteiger charge is -1.96. The van der Waals surface area contributed by atoms with Gasteiger partial charge in [-0.2, -0.15) is 0 Å². The second-order valence-electron chi connectivity index (χ2n) is 2.92. The average Bonchev–Trinajstić information content (AvgIpc) is 2.69. The molecule has 2 aliphatic rings. The molecule has 4 nitrogen and oxygen atoms in total. The molecule has 2 N–H and O–H groups in total. The Kier molecular flexibility index (Phi) is 6.34. The summed E-state index contributed by atoms with van der Waals surface area (Å²) in [5, 5.41) is 10.8. The minimum absolute atomic E-state index is 0.750. The van der Waals surface area contributed by atoms with E-state index in [4.69, 9.17) is 20.4 Å². The van der Waals surface area contributed by atoms with Crippen molar-refractivity contribution in [2.75, 3.05) is 0 Å². The molecule has 4 heteroatoms. The fraction of sp³-hybridized carbons (Fsp3) is 0.556. The van der Waals surface area contributed by atoms with Crippen LogP contribution in [-0.2, 0) is 9.59 Å². The molecule has 70 valence electrons. The van der Waals surface area contributed by atoms with Crippen molar-refractivity contribution in [1.82, 2.24) is 0 Å². The number of hydrogen-bond acceptors (Lipinski definition) is 4. The summed E-state index contributed by atoms with van der Waals surface area (Å²) < 4.78 is 0. The molecule has 13 heavy (non-hydrogen) atoms. The number of allylic oxidation sites excluding steroid dienone is 2. The molecular weight excluding hydrogens is 168 g/mol. The maximum atomic E-state index is 8.35. The Morgan fingerprint density at radius 1 is 1.00 bits per heavy atom. The van der Waals surface area contributed by atoms with E-state index in [1.165, 1.54) is 19.3 Å². The molecule has 1 saturated carbocycles. The van der Waals surface area contributed by atoms with Crippen LogP contribution in [-0.4, -0.2) is 12.2 Å². The van der Waals surface area contributed by atoms with Crippen molar-refractivity contribution in [3.05, 3.63) is 12.2 Å². The number of hydrogen-bond donors (Lipinski definition) is 2. The number of fused-ring (bicyclic) bond motifs is 2. The number of rotatable bonds is 0. The lowest BCUT2D eigenvalue weighted by molar-refractivity contribution is 0.562. The molecule has 0 saturated heterocycles. The molecular formula is C9H12N2O2. The third-order valence-electron chi connectivity index (χ3n) is 2.17. The summed E-state index contributed by atoms with van der Waals surface area (Å²) in [5.41, 5.74) is 0. The van der Waals surface area contributed by atoms with Gasteiger partial charge in [-0.25, -0.2) is 20.4 Å². The Balaban J connectivity index is 0.000000208. The van der Waals surface area contributed by atoms with E-state index < -0.39 is 0 Å². The normalized spacial score (nSPS) is 25.8. The quantitative estimate of drug-likeness (QED) is 0.338. The van der Waals surface area contributed by atoms with Gasteiger partial charge in [0.25, 0.3) is 0 Å². The Morgan fingerprint density at radius 2 is 1.31 bits per heavy atom. The zero-order chi connectivity index (χ0) is 10.1. The lowest BCUT2D eigenvalue weighted by atomic mass is 10.1. The highest BCUT2D eigenvalue weighted by molar-refractivity contribution is 5.26. The van der Waals surface area contributed by atoms with Crippen molar-refractivity contribution in [1.29, 1.82) is 10.8 Å². The van der Waals surface area contributed by atoms with Crippen LogP contribution >= 0.6 is 0 Å². The molecule has 2 unspecified atom stereocenters. The second-order valence-corrected chi connectivity index (χ2v) is 2.92. The van der Waals surface area contributed by atoms with Crippen molar-refractivity contribution in [3.8, 4) is 0 Å². The molecule has 2 aliphatic carbocycles. The summed E-state index contributed by atoms with van der Waals surface area (Å²) in [6.45, 7) is 0. The van der Waals surface area contributed by atoms with Gasteiger partial charge in [0.2, 0.25) is 12.2 Å². The van der Waals surface area contributed by atoms with Crippen LogP contribution in [0.3, 0.4) is 0 Å². The molecule has 2 atom stereocenters. The maximum absolute atomic E-state index is 8.35. The van der Waals surface area contributed by atoms with Crippen LogP contribution in [0.15, 0.2) is 12.2 Å². The highest BCUT2D eigenvalue weighted by Crippen LogP contribution is 2.38. The van der Waals surface area contributed by atoms with Gasteiger partial charge in [-0.3, -0.25) is 0 Å². The van der Waals surface area contributed by atoms with E-state index in [9.17, 15) is 0 Å². The van der Waals surface area contributed by atoms with Gasteiger partial charge in [0.15, 0.2) is 0 Å². The first-order valence-electron chi connectivity index (χ1n) is 4.04. The molecule has 0 amide bonds. The van der Waals surface area contributed by atoms with Crippen LogP contribution in [0.5, 0.6) is 0 Å². The molecule has 0 radical (unpaired) electrons. The Hall–Kier alpha value is -1.50. The van der Waals surface area contributed by atoms with E-state index in [2.05, 4.69) is 12.2 Å². The first-order chi connectivity index (χ1) is 6.28. The summed E-state index contributed by atoms with van der Waals surface area (Å²) in [6.07, 6.45) is 10.7. The van der Waals surface area contributed by atoms with Gasteiger partial charge < -0.3 is 0 Å². The van der Waals surface area contributed by atoms with Gasteiger partial charge in [0, 0.05) is 0 Å². The zero-order valence-electron chi connectivity index (χ0n) is 7.25. The SMILES string of the molecule is C1=CC2CCC1C2.N=C=O.N=C=O. The van der Waals surface area contributed by atoms with Gasteiger partial charge in [-0.05, 0) is 31.1 Å². The number of nitrogens with one attached hydrogen (secondary N) is 2. The third-order valence-corrected chi connectivity index (χ3v) is 2.17. The summed E-state index contributed by atoms with van der Waals surface area (Å²) in [7, 11) is 0. The topological polar surface area (TPSA) is 81.8 Å². The minimum Gasteiger partial charge on any atom is -0.222 e. The summed E-state index contributed by atoms with van der Waals surface area (Å²) in [4.78, 5) is 16.7. The minimum atomic E-state index is 0.750. The standard InChI is InChI=1S/C7H10.2CHNO/c1-2-7-4-3-6(1)5-7;2*2-1-3/h1-2,6-7H,3-5H2;2*2H. The van der Waals surface area contributed by atoms with Gasteiger partial charge in [0.1, 0.15) is 0 Å². The highest BCUT2D eigenvalue weighted by Gasteiger charge is 2.25. The molecule has 0 aromatic heterocycles. The summed E-state index contributed by atoms with van der Waals surface area (Å²) >= 11 is 0.